The Bertz CT molecular complexity index is 2000. The van der Waals surface area contributed by atoms with Crippen LogP contribution in [-0.4, -0.2) is 74.3 Å². The molecule has 0 bridgehead atoms. The number of aryl methyl sites for hydroxylation is 1. The Kier molecular flexibility index (Phi) is 10.8. The molecule has 12 heteroatoms. The number of phenols is 1. The largest absolute Gasteiger partial charge is 0.505 e. The van der Waals surface area contributed by atoms with Crippen molar-refractivity contribution in [2.24, 2.45) is 0 Å². The molecule has 0 saturated heterocycles. The lowest BCUT2D eigenvalue weighted by Gasteiger charge is -2.20. The Morgan fingerprint density at radius 3 is 2.19 bits per heavy atom. The average Bonchev–Trinajstić information content (AvgIpc) is 3.09. The number of ether oxygens (including phenoxy) is 2. The van der Waals surface area contributed by atoms with E-state index in [1.165, 1.54) is 12.1 Å². The third-order valence-electron chi connectivity index (χ3n) is 7.79. The van der Waals surface area contributed by atoms with Gasteiger partial charge in [-0.3, -0.25) is 0 Å². The summed E-state index contributed by atoms with van der Waals surface area (Å²) in [4.78, 5) is 0.0493. The third kappa shape index (κ3) is 7.53. The quantitative estimate of drug-likeness (QED) is 0.0925. The maximum atomic E-state index is 13.0. The number of hydrazone groups is 1. The topological polar surface area (TPSA) is 155 Å². The first kappa shape index (κ1) is 34.2. The lowest BCUT2D eigenvalue weighted by atomic mass is 10.0. The number of hydrogen-bond acceptors (Lipinski definition) is 9. The third-order valence-corrected chi connectivity index (χ3v) is 9.70. The fraction of sp³-hybridized carbons (Fsp3) is 0.194. The Balaban J connectivity index is 1.38. The van der Waals surface area contributed by atoms with Crippen molar-refractivity contribution in [1.29, 1.82) is 0 Å². The van der Waals surface area contributed by atoms with Gasteiger partial charge in [-0.05, 0) is 84.1 Å². The number of aromatic hydroxyl groups is 1. The summed E-state index contributed by atoms with van der Waals surface area (Å²) in [7, 11) is -0.800. The maximum absolute atomic E-state index is 13.0. The van der Waals surface area contributed by atoms with Gasteiger partial charge in [0.1, 0.15) is 11.4 Å². The average molecular weight is 672 g/mol. The molecular formula is C36H39N4O7S+. The number of methoxy groups -OCH3 is 2. The lowest BCUT2D eigenvalue weighted by molar-refractivity contribution is -0.419. The van der Waals surface area contributed by atoms with Crippen LogP contribution in [-0.2, 0) is 19.5 Å². The van der Waals surface area contributed by atoms with Gasteiger partial charge in [0.15, 0.2) is 11.5 Å². The van der Waals surface area contributed by atoms with E-state index in [-0.39, 0.29) is 36.9 Å². The van der Waals surface area contributed by atoms with Gasteiger partial charge in [-0.1, -0.05) is 30.3 Å². The molecule has 0 fully saturated rings. The molecule has 0 atom stereocenters. The highest BCUT2D eigenvalue weighted by Gasteiger charge is 2.25. The summed E-state index contributed by atoms with van der Waals surface area (Å²) in [5.41, 5.74) is 8.29. The number of nitrogens with one attached hydrogen (secondary N) is 3. The molecule has 4 aromatic carbocycles. The van der Waals surface area contributed by atoms with Crippen molar-refractivity contribution in [3.05, 3.63) is 119 Å². The predicted molar refractivity (Wildman–Crippen MR) is 187 cm³/mol. The first-order chi connectivity index (χ1) is 23.2. The fourth-order valence-corrected chi connectivity index (χ4v) is 6.77. The Morgan fingerprint density at radius 2 is 1.54 bits per heavy atom. The van der Waals surface area contributed by atoms with Gasteiger partial charge in [0.05, 0.1) is 38.4 Å². The van der Waals surface area contributed by atoms with E-state index >= 15 is 0 Å². The summed E-state index contributed by atoms with van der Waals surface area (Å²) in [6.45, 7) is 0.964. The number of benzene rings is 4. The first-order valence-corrected chi connectivity index (χ1v) is 16.7. The molecule has 0 spiro atoms. The first-order valence-electron chi connectivity index (χ1n) is 15.2. The minimum absolute atomic E-state index is 0.0493. The zero-order chi connectivity index (χ0) is 34.3. The van der Waals surface area contributed by atoms with E-state index in [0.29, 0.717) is 39.4 Å². The zero-order valence-corrected chi connectivity index (χ0v) is 27.7. The van der Waals surface area contributed by atoms with Crippen LogP contribution in [0.2, 0.25) is 0 Å². The number of allylic oxidation sites excluding steroid dienone is 2. The molecule has 11 nitrogen and oxygen atoms in total. The predicted octanol–water partition coefficient (Wildman–Crippen LogP) is 3.58. The van der Waals surface area contributed by atoms with Crippen LogP contribution >= 0.6 is 0 Å². The summed E-state index contributed by atoms with van der Waals surface area (Å²) in [6.07, 6.45) is 5.37. The van der Waals surface area contributed by atoms with Crippen LogP contribution in [0.5, 0.6) is 5.75 Å². The normalized spacial score (nSPS) is 15.0. The number of hydrogen-bond donors (Lipinski definition) is 6. The van der Waals surface area contributed by atoms with Crippen molar-refractivity contribution < 1.29 is 38.3 Å². The minimum atomic E-state index is -3.89. The van der Waals surface area contributed by atoms with E-state index in [9.17, 15) is 23.7 Å². The molecule has 48 heavy (non-hydrogen) atoms. The molecule has 0 aromatic heterocycles. The van der Waals surface area contributed by atoms with Gasteiger partial charge in [-0.25, -0.2) is 8.42 Å². The second kappa shape index (κ2) is 15.2. The SMILES string of the molecule is COC1=CC(=[NH+]Nc2c(C)cc3cc(Nc4ccccc4)ccc3c2O)C(OC)=CC1=Cc1ccc(S(=O)(=O)N(CCO)CCO)cc1. The number of hydrazine groups is 1. The molecule has 0 unspecified atom stereocenters. The number of aliphatic hydroxyl groups is 2. The molecular weight excluding hydrogens is 632 g/mol. The van der Waals surface area contributed by atoms with Crippen LogP contribution in [0.1, 0.15) is 11.1 Å². The minimum Gasteiger partial charge on any atom is -0.505 e. The van der Waals surface area contributed by atoms with E-state index in [1.54, 1.807) is 38.5 Å². The number of rotatable bonds is 13. The zero-order valence-electron chi connectivity index (χ0n) is 26.9. The van der Waals surface area contributed by atoms with Gasteiger partial charge in [0.25, 0.3) is 5.71 Å². The molecule has 0 aliphatic heterocycles. The second-order valence-electron chi connectivity index (χ2n) is 11.0. The fourth-order valence-electron chi connectivity index (χ4n) is 5.35. The van der Waals surface area contributed by atoms with Gasteiger partial charge in [-0.2, -0.15) is 9.73 Å². The highest BCUT2D eigenvalue weighted by molar-refractivity contribution is 7.89. The number of anilines is 3. The van der Waals surface area contributed by atoms with Crippen molar-refractivity contribution >= 4 is 49.6 Å². The van der Waals surface area contributed by atoms with Crippen molar-refractivity contribution in [2.45, 2.75) is 11.8 Å². The molecule has 1 aliphatic rings. The van der Waals surface area contributed by atoms with Gasteiger partial charge < -0.3 is 30.1 Å². The Morgan fingerprint density at radius 1 is 0.854 bits per heavy atom. The van der Waals surface area contributed by atoms with Gasteiger partial charge >= 0.3 is 0 Å². The summed E-state index contributed by atoms with van der Waals surface area (Å²) in [5.74, 6) is 1.11. The van der Waals surface area contributed by atoms with Gasteiger partial charge in [0, 0.05) is 35.4 Å². The van der Waals surface area contributed by atoms with Crippen LogP contribution in [0, 0.1) is 6.92 Å². The smallest absolute Gasteiger partial charge is 0.272 e. The summed E-state index contributed by atoms with van der Waals surface area (Å²) in [6, 6.07) is 23.9. The van der Waals surface area contributed by atoms with E-state index in [1.807, 2.05) is 67.6 Å². The highest BCUT2D eigenvalue weighted by atomic mass is 32.2. The van der Waals surface area contributed by atoms with Crippen LogP contribution in [0.4, 0.5) is 17.1 Å². The summed E-state index contributed by atoms with van der Waals surface area (Å²) >= 11 is 0. The molecule has 4 aromatic rings. The molecule has 0 amide bonds. The Hall–Kier alpha value is -5.14. The van der Waals surface area contributed by atoms with E-state index in [4.69, 9.17) is 9.47 Å². The number of para-hydroxylation sites is 1. The Labute approximate surface area is 279 Å². The lowest BCUT2D eigenvalue weighted by Crippen LogP contribution is -2.78. The molecule has 6 N–H and O–H groups in total. The second-order valence-corrected chi connectivity index (χ2v) is 12.9. The molecule has 5 rings (SSSR count). The van der Waals surface area contributed by atoms with Gasteiger partial charge in [0.2, 0.25) is 10.0 Å². The van der Waals surface area contributed by atoms with Crippen molar-refractivity contribution in [3.63, 3.8) is 0 Å². The van der Waals surface area contributed by atoms with E-state index in [0.717, 1.165) is 26.6 Å². The van der Waals surface area contributed by atoms with Crippen LogP contribution < -0.4 is 15.8 Å². The van der Waals surface area contributed by atoms with Crippen molar-refractivity contribution in [2.75, 3.05) is 51.3 Å². The van der Waals surface area contributed by atoms with Gasteiger partial charge in [-0.15, -0.1) is 5.10 Å². The van der Waals surface area contributed by atoms with Crippen molar-refractivity contribution in [1.82, 2.24) is 4.31 Å². The monoisotopic (exact) mass is 671 g/mol. The molecule has 1 aliphatic carbocycles. The molecule has 0 saturated carbocycles. The number of sulfonamides is 1. The summed E-state index contributed by atoms with van der Waals surface area (Å²) < 4.78 is 38.3. The highest BCUT2D eigenvalue weighted by Crippen LogP contribution is 2.36. The van der Waals surface area contributed by atoms with Crippen LogP contribution in [0.15, 0.2) is 113 Å². The standard InChI is InChI=1S/C36H38N4O7S/c1-24-19-26-21-29(37-28-7-5-4-6-8-28)11-14-31(26)36(43)35(24)39-38-32-23-33(46-2)27(22-34(32)47-3)20-25-9-12-30(13-10-25)48(44,45)40(15-17-41)16-18-42/h4-14,19-23,37,39,41-43H,15-18H2,1-3H3/p+1. The maximum Gasteiger partial charge on any atom is 0.272 e. The number of aliphatic hydroxyl groups excluding tert-OH is 2. The molecule has 250 valence electrons. The van der Waals surface area contributed by atoms with Crippen LogP contribution in [0.25, 0.3) is 16.8 Å². The van der Waals surface area contributed by atoms with E-state index in [2.05, 4.69) is 15.8 Å². The molecule has 0 radical (unpaired) electrons. The van der Waals surface area contributed by atoms with Crippen molar-refractivity contribution in [3.8, 4) is 5.75 Å². The number of nitrogens with zero attached hydrogens (tertiary/aromatic N) is 1. The number of phenolic OH excluding ortho intramolecular Hbond substituents is 1. The summed E-state index contributed by atoms with van der Waals surface area (Å²) in [5, 5.41) is 37.8. The van der Waals surface area contributed by atoms with E-state index < -0.39 is 10.0 Å². The molecule has 0 heterocycles. The number of fused-ring (bicyclic) bond motifs is 1. The van der Waals surface area contributed by atoms with Crippen LogP contribution in [0.3, 0.4) is 0 Å².